The molecule has 2 N–H and O–H groups in total. The molecule has 1 aromatic heterocycles. The molecule has 1 unspecified atom stereocenters. The molecule has 26 heavy (non-hydrogen) atoms. The number of hydrogen-bond acceptors (Lipinski definition) is 4. The quantitative estimate of drug-likeness (QED) is 0.758. The molecule has 0 bridgehead atoms. The van der Waals surface area contributed by atoms with E-state index in [1.165, 1.54) is 17.9 Å². The van der Waals surface area contributed by atoms with Crippen LogP contribution in [0.25, 0.3) is 5.69 Å². The third-order valence-electron chi connectivity index (χ3n) is 4.51. The first-order valence-electron chi connectivity index (χ1n) is 8.08. The van der Waals surface area contributed by atoms with E-state index in [1.54, 1.807) is 42.6 Å². The number of aromatic hydroxyl groups is 1. The van der Waals surface area contributed by atoms with Gasteiger partial charge in [0, 0.05) is 17.9 Å². The van der Waals surface area contributed by atoms with Crippen molar-refractivity contribution in [1.29, 1.82) is 0 Å². The van der Waals surface area contributed by atoms with Crippen molar-refractivity contribution in [3.05, 3.63) is 65.6 Å². The maximum absolute atomic E-state index is 14.2. The standard InChI is InChI=1S/C19H16FN3O3/c1-26-17-7-6-11(8-16(17)24)12-9-18(25)22-19-13(12)10-21-23(19)15-5-3-2-4-14(15)20/h2-8,10,12,24H,9H2,1H3,(H,22,25). The van der Waals surface area contributed by atoms with E-state index in [2.05, 4.69) is 10.4 Å². The zero-order valence-electron chi connectivity index (χ0n) is 13.9. The van der Waals surface area contributed by atoms with Crippen LogP contribution >= 0.6 is 0 Å². The third kappa shape index (κ3) is 2.57. The zero-order valence-corrected chi connectivity index (χ0v) is 13.9. The Hall–Kier alpha value is -3.35. The van der Waals surface area contributed by atoms with Gasteiger partial charge in [-0.2, -0.15) is 5.10 Å². The summed E-state index contributed by atoms with van der Waals surface area (Å²) in [6.45, 7) is 0. The fraction of sp³-hybridized carbons (Fsp3) is 0.158. The first-order chi connectivity index (χ1) is 12.6. The van der Waals surface area contributed by atoms with Gasteiger partial charge in [-0.15, -0.1) is 0 Å². The molecule has 0 saturated carbocycles. The van der Waals surface area contributed by atoms with Gasteiger partial charge >= 0.3 is 0 Å². The number of nitrogens with zero attached hydrogens (tertiary/aromatic N) is 2. The highest BCUT2D eigenvalue weighted by atomic mass is 19.1. The molecule has 1 atom stereocenters. The first kappa shape index (κ1) is 16.1. The molecular formula is C19H16FN3O3. The SMILES string of the molecule is COc1ccc(C2CC(=O)Nc3c2cnn3-c2ccccc2F)cc1O. The molecular weight excluding hydrogens is 337 g/mol. The van der Waals surface area contributed by atoms with E-state index < -0.39 is 5.82 Å². The van der Waals surface area contributed by atoms with Crippen LogP contribution in [0.2, 0.25) is 0 Å². The lowest BCUT2D eigenvalue weighted by Crippen LogP contribution is -2.24. The number of carbonyl (C=O) groups is 1. The predicted molar refractivity (Wildman–Crippen MR) is 93.3 cm³/mol. The van der Waals surface area contributed by atoms with Crippen LogP contribution in [0.1, 0.15) is 23.5 Å². The summed E-state index contributed by atoms with van der Waals surface area (Å²) < 4.78 is 20.6. The highest BCUT2D eigenvalue weighted by Gasteiger charge is 2.31. The number of ether oxygens (including phenoxy) is 1. The van der Waals surface area contributed by atoms with Crippen LogP contribution in [-0.4, -0.2) is 27.9 Å². The average Bonchev–Trinajstić information content (AvgIpc) is 3.05. The van der Waals surface area contributed by atoms with Gasteiger partial charge in [0.25, 0.3) is 0 Å². The zero-order chi connectivity index (χ0) is 18.3. The molecule has 0 radical (unpaired) electrons. The van der Waals surface area contributed by atoms with Crippen molar-refractivity contribution in [1.82, 2.24) is 9.78 Å². The number of nitrogens with one attached hydrogen (secondary N) is 1. The maximum atomic E-state index is 14.2. The molecule has 1 aliphatic heterocycles. The molecule has 0 spiro atoms. The van der Waals surface area contributed by atoms with Gasteiger partial charge in [0.05, 0.1) is 13.3 Å². The lowest BCUT2D eigenvalue weighted by Gasteiger charge is -2.24. The molecule has 6 nitrogen and oxygen atoms in total. The minimum Gasteiger partial charge on any atom is -0.504 e. The predicted octanol–water partition coefficient (Wildman–Crippen LogP) is 3.20. The second-order valence-electron chi connectivity index (χ2n) is 6.05. The number of carbonyl (C=O) groups excluding carboxylic acids is 1. The van der Waals surface area contributed by atoms with Crippen LogP contribution in [0.5, 0.6) is 11.5 Å². The van der Waals surface area contributed by atoms with Gasteiger partial charge in [-0.25, -0.2) is 9.07 Å². The Labute approximate surface area is 148 Å². The van der Waals surface area contributed by atoms with E-state index >= 15 is 0 Å². The van der Waals surface area contributed by atoms with Crippen molar-refractivity contribution in [2.45, 2.75) is 12.3 Å². The highest BCUT2D eigenvalue weighted by Crippen LogP contribution is 2.40. The van der Waals surface area contributed by atoms with Gasteiger partial charge in [0.15, 0.2) is 11.5 Å². The summed E-state index contributed by atoms with van der Waals surface area (Å²) in [5, 5.41) is 17.1. The van der Waals surface area contributed by atoms with Gasteiger partial charge in [0.2, 0.25) is 5.91 Å². The monoisotopic (exact) mass is 353 g/mol. The number of anilines is 1. The Morgan fingerprint density at radius 3 is 2.85 bits per heavy atom. The van der Waals surface area contributed by atoms with E-state index in [1.807, 2.05) is 0 Å². The van der Waals surface area contributed by atoms with Crippen LogP contribution in [0.15, 0.2) is 48.7 Å². The Balaban J connectivity index is 1.81. The topological polar surface area (TPSA) is 76.4 Å². The molecule has 0 fully saturated rings. The van der Waals surface area contributed by atoms with Crippen molar-refractivity contribution in [3.63, 3.8) is 0 Å². The molecule has 7 heteroatoms. The van der Waals surface area contributed by atoms with Gasteiger partial charge in [-0.1, -0.05) is 18.2 Å². The van der Waals surface area contributed by atoms with Crippen LogP contribution in [0.4, 0.5) is 10.2 Å². The number of benzene rings is 2. The number of methoxy groups -OCH3 is 1. The van der Waals surface area contributed by atoms with E-state index in [4.69, 9.17) is 4.74 Å². The Morgan fingerprint density at radius 2 is 2.12 bits per heavy atom. The van der Waals surface area contributed by atoms with Crippen LogP contribution in [0, 0.1) is 5.82 Å². The maximum Gasteiger partial charge on any atom is 0.226 e. The summed E-state index contributed by atoms with van der Waals surface area (Å²) in [7, 11) is 1.47. The Kier molecular flexibility index (Phi) is 3.84. The van der Waals surface area contributed by atoms with Crippen LogP contribution in [0.3, 0.4) is 0 Å². The number of halogens is 1. The smallest absolute Gasteiger partial charge is 0.226 e. The largest absolute Gasteiger partial charge is 0.504 e. The van der Waals surface area contributed by atoms with Crippen LogP contribution in [-0.2, 0) is 4.79 Å². The van der Waals surface area contributed by atoms with Gasteiger partial charge in [0.1, 0.15) is 17.3 Å². The van der Waals surface area contributed by atoms with Crippen molar-refractivity contribution in [2.24, 2.45) is 0 Å². The fourth-order valence-corrected chi connectivity index (χ4v) is 3.25. The molecule has 2 heterocycles. The molecule has 0 saturated heterocycles. The first-order valence-corrected chi connectivity index (χ1v) is 8.08. The van der Waals surface area contributed by atoms with Gasteiger partial charge < -0.3 is 15.2 Å². The van der Waals surface area contributed by atoms with Crippen molar-refractivity contribution >= 4 is 11.7 Å². The lowest BCUT2D eigenvalue weighted by molar-refractivity contribution is -0.116. The van der Waals surface area contributed by atoms with Gasteiger partial charge in [-0.3, -0.25) is 4.79 Å². The molecule has 4 rings (SSSR count). The van der Waals surface area contributed by atoms with E-state index in [-0.39, 0.29) is 29.7 Å². The molecule has 0 aliphatic carbocycles. The molecule has 2 aromatic carbocycles. The van der Waals surface area contributed by atoms with Gasteiger partial charge in [-0.05, 0) is 29.8 Å². The average molecular weight is 353 g/mol. The number of hydrogen-bond donors (Lipinski definition) is 2. The summed E-state index contributed by atoms with van der Waals surface area (Å²) in [6, 6.07) is 11.3. The van der Waals surface area contributed by atoms with Crippen molar-refractivity contribution in [2.75, 3.05) is 12.4 Å². The van der Waals surface area contributed by atoms with E-state index in [9.17, 15) is 14.3 Å². The summed E-state index contributed by atoms with van der Waals surface area (Å²) >= 11 is 0. The Morgan fingerprint density at radius 1 is 1.31 bits per heavy atom. The normalized spacial score (nSPS) is 16.1. The summed E-state index contributed by atoms with van der Waals surface area (Å²) in [4.78, 5) is 12.3. The van der Waals surface area contributed by atoms with E-state index in [0.29, 0.717) is 11.6 Å². The number of rotatable bonds is 3. The van der Waals surface area contributed by atoms with Crippen LogP contribution < -0.4 is 10.1 Å². The van der Waals surface area contributed by atoms with Crippen molar-refractivity contribution in [3.8, 4) is 17.2 Å². The number of aromatic nitrogens is 2. The summed E-state index contributed by atoms with van der Waals surface area (Å²) in [5.41, 5.74) is 1.78. The molecule has 1 aliphatic rings. The molecule has 132 valence electrons. The van der Waals surface area contributed by atoms with E-state index in [0.717, 1.165) is 11.1 Å². The van der Waals surface area contributed by atoms with Crippen molar-refractivity contribution < 1.29 is 19.0 Å². The third-order valence-corrected chi connectivity index (χ3v) is 4.51. The minimum absolute atomic E-state index is 0.000901. The fourth-order valence-electron chi connectivity index (χ4n) is 3.25. The number of para-hydroxylation sites is 1. The Bertz CT molecular complexity index is 999. The number of phenols is 1. The second-order valence-corrected chi connectivity index (χ2v) is 6.05. The second kappa shape index (κ2) is 6.18. The molecule has 1 amide bonds. The minimum atomic E-state index is -0.433. The number of amides is 1. The number of fused-ring (bicyclic) bond motifs is 1. The summed E-state index contributed by atoms with van der Waals surface area (Å²) in [5.74, 6) is -0.134. The number of phenolic OH excluding ortho intramolecular Hbond substituents is 1. The molecule has 3 aromatic rings. The summed E-state index contributed by atoms with van der Waals surface area (Å²) in [6.07, 6.45) is 1.83. The lowest BCUT2D eigenvalue weighted by atomic mass is 9.87. The highest BCUT2D eigenvalue weighted by molar-refractivity contribution is 5.94.